The second kappa shape index (κ2) is 9.91. The van der Waals surface area contributed by atoms with E-state index in [1.54, 1.807) is 13.0 Å². The Hall–Kier alpha value is -2.25. The summed E-state index contributed by atoms with van der Waals surface area (Å²) in [6, 6.07) is 20.9. The summed E-state index contributed by atoms with van der Waals surface area (Å²) in [6.45, 7) is 8.88. The molecule has 1 aliphatic heterocycles. The number of rotatable bonds is 7. The van der Waals surface area contributed by atoms with Gasteiger partial charge in [-0.05, 0) is 28.8 Å². The summed E-state index contributed by atoms with van der Waals surface area (Å²) in [5.74, 6) is -0.920. The average Bonchev–Trinajstić information content (AvgIpc) is 2.76. The van der Waals surface area contributed by atoms with E-state index in [0.717, 1.165) is 0 Å². The SMILES string of the molecule is C/C(=C\CC1OCOCC1O[Si](c1ccccc1)(c1ccccc1)C(C)(C)C)C(=O)O. The lowest BCUT2D eigenvalue weighted by Gasteiger charge is -2.47. The van der Waals surface area contributed by atoms with Crippen molar-refractivity contribution in [3.05, 3.63) is 72.3 Å². The fourth-order valence-electron chi connectivity index (χ4n) is 4.14. The van der Waals surface area contributed by atoms with Crippen LogP contribution >= 0.6 is 0 Å². The third-order valence-corrected chi connectivity index (χ3v) is 10.9. The maximum Gasteiger partial charge on any atom is 0.330 e. The van der Waals surface area contributed by atoms with Gasteiger partial charge in [0.25, 0.3) is 8.32 Å². The highest BCUT2D eigenvalue weighted by atomic mass is 28.4. The third-order valence-electron chi connectivity index (χ3n) is 5.80. The van der Waals surface area contributed by atoms with Crippen LogP contribution in [0.2, 0.25) is 5.04 Å². The van der Waals surface area contributed by atoms with Gasteiger partial charge in [0.1, 0.15) is 6.79 Å². The van der Waals surface area contributed by atoms with Crippen LogP contribution in [0.15, 0.2) is 72.3 Å². The van der Waals surface area contributed by atoms with Crippen molar-refractivity contribution in [2.24, 2.45) is 0 Å². The molecule has 0 spiro atoms. The molecule has 166 valence electrons. The van der Waals surface area contributed by atoms with Gasteiger partial charge >= 0.3 is 5.97 Å². The zero-order valence-corrected chi connectivity index (χ0v) is 19.7. The molecular weight excluding hydrogens is 408 g/mol. The molecule has 0 aromatic heterocycles. The Bertz CT molecular complexity index is 850. The quantitative estimate of drug-likeness (QED) is 0.525. The van der Waals surface area contributed by atoms with E-state index < -0.39 is 14.3 Å². The number of carboxylic acid groups (broad SMARTS) is 1. The molecule has 6 heteroatoms. The standard InChI is InChI=1S/C25H32O5Si/c1-19(24(26)27)15-16-22-23(17-28-18-29-22)30-31(25(2,3)4,20-11-7-5-8-12-20)21-13-9-6-10-14-21/h5-15,22-23H,16-18H2,1-4H3,(H,26,27)/b19-15+. The second-order valence-corrected chi connectivity index (χ2v) is 13.2. The van der Waals surface area contributed by atoms with Crippen LogP contribution in [0.25, 0.3) is 0 Å². The number of carboxylic acids is 1. The Kier molecular flexibility index (Phi) is 7.49. The van der Waals surface area contributed by atoms with E-state index >= 15 is 0 Å². The van der Waals surface area contributed by atoms with Gasteiger partial charge in [-0.25, -0.2) is 4.79 Å². The second-order valence-electron chi connectivity index (χ2n) is 8.94. The molecule has 1 saturated heterocycles. The molecule has 1 N–H and O–H groups in total. The topological polar surface area (TPSA) is 65.0 Å². The average molecular weight is 441 g/mol. The van der Waals surface area contributed by atoms with Gasteiger partial charge in [-0.2, -0.15) is 0 Å². The van der Waals surface area contributed by atoms with Crippen LogP contribution in [0.3, 0.4) is 0 Å². The molecule has 3 rings (SSSR count). The van der Waals surface area contributed by atoms with Crippen molar-refractivity contribution in [2.45, 2.75) is 51.4 Å². The highest BCUT2D eigenvalue weighted by molar-refractivity contribution is 6.99. The number of aliphatic carboxylic acids is 1. The molecule has 0 saturated carbocycles. The lowest BCUT2D eigenvalue weighted by atomic mass is 10.1. The van der Waals surface area contributed by atoms with Crippen molar-refractivity contribution in [2.75, 3.05) is 13.4 Å². The van der Waals surface area contributed by atoms with Crippen molar-refractivity contribution in [1.29, 1.82) is 0 Å². The third kappa shape index (κ3) is 5.15. The molecule has 2 atom stereocenters. The van der Waals surface area contributed by atoms with Gasteiger partial charge in [0, 0.05) is 5.57 Å². The molecule has 0 radical (unpaired) electrons. The highest BCUT2D eigenvalue weighted by Gasteiger charge is 2.52. The van der Waals surface area contributed by atoms with Crippen molar-refractivity contribution in [3.63, 3.8) is 0 Å². The summed E-state index contributed by atoms with van der Waals surface area (Å²) in [5.41, 5.74) is 0.305. The minimum atomic E-state index is -2.75. The molecule has 0 amide bonds. The molecule has 0 bridgehead atoms. The van der Waals surface area contributed by atoms with Crippen LogP contribution < -0.4 is 10.4 Å². The van der Waals surface area contributed by atoms with Crippen LogP contribution in [0.1, 0.15) is 34.1 Å². The lowest BCUT2D eigenvalue weighted by Crippen LogP contribution is -2.69. The number of hydrogen-bond donors (Lipinski definition) is 1. The van der Waals surface area contributed by atoms with E-state index in [9.17, 15) is 9.90 Å². The van der Waals surface area contributed by atoms with Gasteiger partial charge in [0.2, 0.25) is 0 Å². The fraction of sp³-hybridized carbons (Fsp3) is 0.400. The molecule has 5 nitrogen and oxygen atoms in total. The lowest BCUT2D eigenvalue weighted by molar-refractivity contribution is -0.187. The molecule has 2 aromatic rings. The molecule has 1 aliphatic rings. The Balaban J connectivity index is 2.05. The first-order valence-electron chi connectivity index (χ1n) is 10.6. The normalized spacial score (nSPS) is 20.5. The van der Waals surface area contributed by atoms with E-state index in [-0.39, 0.29) is 24.0 Å². The molecule has 1 fully saturated rings. The molecular formula is C25H32O5Si. The van der Waals surface area contributed by atoms with Gasteiger partial charge in [-0.3, -0.25) is 0 Å². The predicted octanol–water partition coefficient (Wildman–Crippen LogP) is 3.73. The van der Waals surface area contributed by atoms with Crippen LogP contribution in [0, 0.1) is 0 Å². The van der Waals surface area contributed by atoms with Crippen LogP contribution in [0.5, 0.6) is 0 Å². The monoisotopic (exact) mass is 440 g/mol. The van der Waals surface area contributed by atoms with E-state index in [1.807, 2.05) is 12.1 Å². The maximum absolute atomic E-state index is 11.2. The largest absolute Gasteiger partial charge is 0.478 e. The van der Waals surface area contributed by atoms with E-state index in [0.29, 0.717) is 18.6 Å². The first-order valence-corrected chi connectivity index (χ1v) is 12.5. The van der Waals surface area contributed by atoms with Crippen molar-refractivity contribution < 1.29 is 23.8 Å². The minimum absolute atomic E-state index is 0.162. The van der Waals surface area contributed by atoms with Crippen molar-refractivity contribution in [3.8, 4) is 0 Å². The number of hydrogen-bond acceptors (Lipinski definition) is 4. The van der Waals surface area contributed by atoms with Gasteiger partial charge in [0.05, 0.1) is 18.8 Å². The van der Waals surface area contributed by atoms with Crippen LogP contribution in [0.4, 0.5) is 0 Å². The summed E-state index contributed by atoms with van der Waals surface area (Å²) in [4.78, 5) is 11.2. The molecule has 31 heavy (non-hydrogen) atoms. The predicted molar refractivity (Wildman–Crippen MR) is 124 cm³/mol. The first-order chi connectivity index (χ1) is 14.8. The van der Waals surface area contributed by atoms with Crippen LogP contribution in [-0.4, -0.2) is 45.0 Å². The molecule has 0 aliphatic carbocycles. The fourth-order valence-corrected chi connectivity index (χ4v) is 8.83. The van der Waals surface area contributed by atoms with Crippen molar-refractivity contribution >= 4 is 24.7 Å². The Morgan fingerprint density at radius 1 is 1.10 bits per heavy atom. The van der Waals surface area contributed by atoms with E-state index in [4.69, 9.17) is 13.9 Å². The maximum atomic E-state index is 11.2. The minimum Gasteiger partial charge on any atom is -0.478 e. The number of carbonyl (C=O) groups is 1. The van der Waals surface area contributed by atoms with Gasteiger partial charge < -0.3 is 19.0 Å². The highest BCUT2D eigenvalue weighted by Crippen LogP contribution is 2.38. The summed E-state index contributed by atoms with van der Waals surface area (Å²) in [5, 5.41) is 11.4. The number of ether oxygens (including phenoxy) is 2. The Morgan fingerprint density at radius 2 is 1.65 bits per heavy atom. The van der Waals surface area contributed by atoms with Crippen molar-refractivity contribution in [1.82, 2.24) is 0 Å². The Labute approximate surface area is 185 Å². The van der Waals surface area contributed by atoms with E-state index in [1.165, 1.54) is 10.4 Å². The van der Waals surface area contributed by atoms with Crippen LogP contribution in [-0.2, 0) is 18.7 Å². The smallest absolute Gasteiger partial charge is 0.330 e. The zero-order valence-electron chi connectivity index (χ0n) is 18.7. The molecule has 1 heterocycles. The molecule has 2 aromatic carbocycles. The summed E-state index contributed by atoms with van der Waals surface area (Å²) < 4.78 is 18.7. The number of benzene rings is 2. The van der Waals surface area contributed by atoms with Gasteiger partial charge in [0.15, 0.2) is 0 Å². The Morgan fingerprint density at radius 3 is 2.13 bits per heavy atom. The zero-order chi connectivity index (χ0) is 22.5. The van der Waals surface area contributed by atoms with E-state index in [2.05, 4.69) is 69.3 Å². The summed E-state index contributed by atoms with van der Waals surface area (Å²) >= 11 is 0. The molecule has 2 unspecified atom stereocenters. The summed E-state index contributed by atoms with van der Waals surface area (Å²) in [7, 11) is -2.75. The van der Waals surface area contributed by atoms with Gasteiger partial charge in [-0.1, -0.05) is 87.5 Å². The first kappa shape index (κ1) is 23.4. The van der Waals surface area contributed by atoms with Gasteiger partial charge in [-0.15, -0.1) is 0 Å². The summed E-state index contributed by atoms with van der Waals surface area (Å²) in [6.07, 6.45) is 1.59.